The molecule has 0 amide bonds. The van der Waals surface area contributed by atoms with Gasteiger partial charge in [-0.15, -0.1) is 12.4 Å². The number of hydrogen-bond acceptors (Lipinski definition) is 3. The first-order valence-electron chi connectivity index (χ1n) is 8.15. The third-order valence-electron chi connectivity index (χ3n) is 4.78. The number of ether oxygens (including phenoxy) is 1. The summed E-state index contributed by atoms with van der Waals surface area (Å²) in [4.78, 5) is 11.8. The fourth-order valence-corrected chi connectivity index (χ4v) is 3.73. The van der Waals surface area contributed by atoms with E-state index >= 15 is 0 Å². The predicted octanol–water partition coefficient (Wildman–Crippen LogP) is 3.81. The number of rotatable bonds is 4. The molecular formula is C20H24ClNO2. The second-order valence-corrected chi connectivity index (χ2v) is 6.15. The molecule has 0 aliphatic heterocycles. The first kappa shape index (κ1) is 18.5. The highest BCUT2D eigenvalue weighted by molar-refractivity contribution is 5.89. The Kier molecular flexibility index (Phi) is 6.41. The van der Waals surface area contributed by atoms with Gasteiger partial charge in [-0.1, -0.05) is 36.4 Å². The summed E-state index contributed by atoms with van der Waals surface area (Å²) in [5.74, 6) is 0.680. The Morgan fingerprint density at radius 3 is 2.62 bits per heavy atom. The molecule has 4 heteroatoms. The number of carbonyl (C=O) groups excluding carboxylic acids is 1. The number of methoxy groups -OCH3 is 1. The van der Waals surface area contributed by atoms with E-state index in [1.165, 1.54) is 23.8 Å². The Hall–Kier alpha value is -1.84. The normalized spacial score (nSPS) is 19.1. The number of benzene rings is 2. The van der Waals surface area contributed by atoms with Gasteiger partial charge in [0, 0.05) is 5.92 Å². The number of aryl methyl sites for hydroxylation is 1. The summed E-state index contributed by atoms with van der Waals surface area (Å²) in [6.07, 6.45) is 2.13. The van der Waals surface area contributed by atoms with Crippen LogP contribution in [0.2, 0.25) is 0 Å². The second kappa shape index (κ2) is 8.32. The van der Waals surface area contributed by atoms with Gasteiger partial charge in [-0.2, -0.15) is 0 Å². The van der Waals surface area contributed by atoms with Crippen LogP contribution in [0.15, 0.2) is 48.5 Å². The summed E-state index contributed by atoms with van der Waals surface area (Å²) < 4.78 is 4.85. The van der Waals surface area contributed by atoms with Gasteiger partial charge < -0.3 is 10.1 Å². The van der Waals surface area contributed by atoms with Crippen molar-refractivity contribution in [3.63, 3.8) is 0 Å². The number of carbonyl (C=O) groups is 1. The van der Waals surface area contributed by atoms with Gasteiger partial charge in [-0.3, -0.25) is 0 Å². The summed E-state index contributed by atoms with van der Waals surface area (Å²) >= 11 is 0. The maximum Gasteiger partial charge on any atom is 0.337 e. The third kappa shape index (κ3) is 3.63. The smallest absolute Gasteiger partial charge is 0.337 e. The number of nitrogens with one attached hydrogen (secondary N) is 1. The summed E-state index contributed by atoms with van der Waals surface area (Å²) in [6, 6.07) is 16.7. The standard InChI is InChI=1S/C20H23NO2.ClH/c1-21-13-17-9-8-15-12-16(20(22)23-2)10-11-18(15)19(17)14-6-4-3-5-7-14;/h3-7,10-12,17,19,21H,8-9,13H2,1-2H3;1H/t17-,19+;/m0./s1. The number of fused-ring (bicyclic) bond motifs is 1. The zero-order valence-corrected chi connectivity index (χ0v) is 14.9. The molecule has 0 heterocycles. The van der Waals surface area contributed by atoms with Gasteiger partial charge in [0.1, 0.15) is 0 Å². The maximum absolute atomic E-state index is 11.8. The molecule has 0 fully saturated rings. The van der Waals surface area contributed by atoms with E-state index in [1.807, 2.05) is 19.2 Å². The van der Waals surface area contributed by atoms with E-state index in [4.69, 9.17) is 4.74 Å². The minimum Gasteiger partial charge on any atom is -0.465 e. The Bertz CT molecular complexity index is 687. The van der Waals surface area contributed by atoms with Crippen LogP contribution in [0.25, 0.3) is 0 Å². The molecule has 24 heavy (non-hydrogen) atoms. The number of halogens is 1. The Labute approximate surface area is 149 Å². The van der Waals surface area contributed by atoms with E-state index in [0.29, 0.717) is 17.4 Å². The van der Waals surface area contributed by atoms with E-state index in [0.717, 1.165) is 19.4 Å². The van der Waals surface area contributed by atoms with Crippen molar-refractivity contribution in [2.24, 2.45) is 5.92 Å². The van der Waals surface area contributed by atoms with E-state index in [9.17, 15) is 4.79 Å². The highest BCUT2D eigenvalue weighted by Crippen LogP contribution is 2.40. The molecule has 0 aromatic heterocycles. The van der Waals surface area contributed by atoms with Crippen molar-refractivity contribution in [3.8, 4) is 0 Å². The lowest BCUT2D eigenvalue weighted by Gasteiger charge is -2.34. The highest BCUT2D eigenvalue weighted by Gasteiger charge is 2.30. The van der Waals surface area contributed by atoms with Gasteiger partial charge in [0.05, 0.1) is 12.7 Å². The summed E-state index contributed by atoms with van der Waals surface area (Å²) in [5.41, 5.74) is 4.61. The zero-order chi connectivity index (χ0) is 16.2. The molecule has 2 aromatic carbocycles. The van der Waals surface area contributed by atoms with Crippen molar-refractivity contribution >= 4 is 18.4 Å². The van der Waals surface area contributed by atoms with Crippen molar-refractivity contribution in [1.29, 1.82) is 0 Å². The summed E-state index contributed by atoms with van der Waals surface area (Å²) in [5, 5.41) is 3.33. The van der Waals surface area contributed by atoms with Crippen LogP contribution in [0.1, 0.15) is 39.4 Å². The molecule has 0 saturated heterocycles. The van der Waals surface area contributed by atoms with Gasteiger partial charge in [0.25, 0.3) is 0 Å². The monoisotopic (exact) mass is 345 g/mol. The van der Waals surface area contributed by atoms with Crippen molar-refractivity contribution in [2.75, 3.05) is 20.7 Å². The molecule has 0 spiro atoms. The van der Waals surface area contributed by atoms with Crippen LogP contribution < -0.4 is 5.32 Å². The third-order valence-corrected chi connectivity index (χ3v) is 4.78. The fourth-order valence-electron chi connectivity index (χ4n) is 3.73. The molecule has 1 aliphatic rings. The molecule has 1 N–H and O–H groups in total. The molecule has 3 rings (SSSR count). The van der Waals surface area contributed by atoms with Crippen LogP contribution in [-0.4, -0.2) is 26.7 Å². The minimum atomic E-state index is -0.263. The topological polar surface area (TPSA) is 38.3 Å². The fraction of sp³-hybridized carbons (Fsp3) is 0.350. The van der Waals surface area contributed by atoms with Crippen LogP contribution in [-0.2, 0) is 11.2 Å². The van der Waals surface area contributed by atoms with E-state index < -0.39 is 0 Å². The summed E-state index contributed by atoms with van der Waals surface area (Å²) in [7, 11) is 3.44. The molecule has 2 aromatic rings. The quantitative estimate of drug-likeness (QED) is 0.856. The van der Waals surface area contributed by atoms with Gasteiger partial charge in [0.15, 0.2) is 0 Å². The largest absolute Gasteiger partial charge is 0.465 e. The summed E-state index contributed by atoms with van der Waals surface area (Å²) in [6.45, 7) is 0.998. The lowest BCUT2D eigenvalue weighted by atomic mass is 9.71. The first-order valence-corrected chi connectivity index (χ1v) is 8.15. The van der Waals surface area contributed by atoms with Crippen LogP contribution >= 0.6 is 12.4 Å². The van der Waals surface area contributed by atoms with Crippen LogP contribution in [0, 0.1) is 5.92 Å². The molecule has 2 atom stereocenters. The molecule has 0 radical (unpaired) electrons. The number of esters is 1. The average molecular weight is 346 g/mol. The predicted molar refractivity (Wildman–Crippen MR) is 99.1 cm³/mol. The molecule has 3 nitrogen and oxygen atoms in total. The van der Waals surface area contributed by atoms with Crippen molar-refractivity contribution in [1.82, 2.24) is 5.32 Å². The van der Waals surface area contributed by atoms with Crippen LogP contribution in [0.4, 0.5) is 0 Å². The maximum atomic E-state index is 11.8. The lowest BCUT2D eigenvalue weighted by Crippen LogP contribution is -2.30. The first-order chi connectivity index (χ1) is 11.2. The average Bonchev–Trinajstić information content (AvgIpc) is 2.61. The van der Waals surface area contributed by atoms with E-state index in [2.05, 4.69) is 41.7 Å². The Balaban J connectivity index is 0.00000208. The zero-order valence-electron chi connectivity index (χ0n) is 14.1. The molecule has 0 bridgehead atoms. The molecule has 1 aliphatic carbocycles. The highest BCUT2D eigenvalue weighted by atomic mass is 35.5. The van der Waals surface area contributed by atoms with Crippen LogP contribution in [0.5, 0.6) is 0 Å². The van der Waals surface area contributed by atoms with E-state index in [-0.39, 0.29) is 18.4 Å². The van der Waals surface area contributed by atoms with Gasteiger partial charge in [0.2, 0.25) is 0 Å². The van der Waals surface area contributed by atoms with Crippen molar-refractivity contribution < 1.29 is 9.53 Å². The van der Waals surface area contributed by atoms with Gasteiger partial charge in [-0.25, -0.2) is 4.79 Å². The number of hydrogen-bond donors (Lipinski definition) is 1. The van der Waals surface area contributed by atoms with E-state index in [1.54, 1.807) is 0 Å². The Morgan fingerprint density at radius 1 is 1.21 bits per heavy atom. The molecule has 128 valence electrons. The minimum absolute atomic E-state index is 0. The van der Waals surface area contributed by atoms with Gasteiger partial charge in [-0.05, 0) is 61.2 Å². The SMILES string of the molecule is CNC[C@@H]1CCc2cc(C(=O)OC)ccc2[C@@H]1c1ccccc1.Cl. The Morgan fingerprint density at radius 2 is 1.96 bits per heavy atom. The van der Waals surface area contributed by atoms with Crippen LogP contribution in [0.3, 0.4) is 0 Å². The second-order valence-electron chi connectivity index (χ2n) is 6.15. The van der Waals surface area contributed by atoms with Crippen molar-refractivity contribution in [3.05, 3.63) is 70.8 Å². The van der Waals surface area contributed by atoms with Gasteiger partial charge >= 0.3 is 5.97 Å². The molecule has 0 saturated carbocycles. The molecule has 0 unspecified atom stereocenters. The molecular weight excluding hydrogens is 322 g/mol. The van der Waals surface area contributed by atoms with Crippen molar-refractivity contribution in [2.45, 2.75) is 18.8 Å². The lowest BCUT2D eigenvalue weighted by molar-refractivity contribution is 0.0600.